The first-order chi connectivity index (χ1) is 7.17. The molecule has 2 nitrogen and oxygen atoms in total. The molecule has 0 fully saturated rings. The second-order valence-electron chi connectivity index (χ2n) is 3.39. The highest BCUT2D eigenvalue weighted by Gasteiger charge is 2.09. The normalized spacial score (nSPS) is 10.7. The lowest BCUT2D eigenvalue weighted by Gasteiger charge is -2.16. The maximum Gasteiger partial charge on any atom is 0.176 e. The highest BCUT2D eigenvalue weighted by Crippen LogP contribution is 2.10. The summed E-state index contributed by atoms with van der Waals surface area (Å²) in [6, 6.07) is 7.04. The molecule has 0 spiro atoms. The summed E-state index contributed by atoms with van der Waals surface area (Å²) in [5.41, 5.74) is 0.728. The molecular formula is C12H16ClNO. The molecule has 1 aromatic rings. The number of ketones is 1. The van der Waals surface area contributed by atoms with Crippen LogP contribution in [0.3, 0.4) is 0 Å². The van der Waals surface area contributed by atoms with Crippen LogP contribution in [0.2, 0.25) is 5.02 Å². The Labute approximate surface area is 95.8 Å². The van der Waals surface area contributed by atoms with Gasteiger partial charge in [-0.2, -0.15) is 0 Å². The first-order valence-corrected chi connectivity index (χ1v) is 5.56. The minimum Gasteiger partial charge on any atom is -0.296 e. The third kappa shape index (κ3) is 3.65. The summed E-state index contributed by atoms with van der Waals surface area (Å²) in [5, 5.41) is 0.661. The molecule has 0 amide bonds. The lowest BCUT2D eigenvalue weighted by Crippen LogP contribution is -2.29. The van der Waals surface area contributed by atoms with E-state index in [4.69, 9.17) is 11.6 Å². The van der Waals surface area contributed by atoms with Gasteiger partial charge in [-0.3, -0.25) is 9.69 Å². The average molecular weight is 226 g/mol. The van der Waals surface area contributed by atoms with Crippen LogP contribution in [0.15, 0.2) is 24.3 Å². The number of carbonyl (C=O) groups is 1. The summed E-state index contributed by atoms with van der Waals surface area (Å²) in [6.07, 6.45) is 0. The van der Waals surface area contributed by atoms with Crippen LogP contribution in [0.1, 0.15) is 24.2 Å². The van der Waals surface area contributed by atoms with Crippen molar-refractivity contribution in [1.82, 2.24) is 4.90 Å². The zero-order chi connectivity index (χ0) is 11.3. The van der Waals surface area contributed by atoms with Crippen molar-refractivity contribution in [1.29, 1.82) is 0 Å². The van der Waals surface area contributed by atoms with E-state index in [0.717, 1.165) is 18.7 Å². The molecule has 0 atom stereocenters. The standard InChI is InChI=1S/C12H16ClNO/c1-3-14(4-2)9-12(15)10-5-7-11(13)8-6-10/h5-8H,3-4,9H2,1-2H3. The second kappa shape index (κ2) is 5.89. The zero-order valence-electron chi connectivity index (χ0n) is 9.16. The van der Waals surface area contributed by atoms with Crippen LogP contribution < -0.4 is 0 Å². The molecule has 0 unspecified atom stereocenters. The largest absolute Gasteiger partial charge is 0.296 e. The van der Waals surface area contributed by atoms with Gasteiger partial charge >= 0.3 is 0 Å². The van der Waals surface area contributed by atoms with E-state index in [1.54, 1.807) is 24.3 Å². The number of likely N-dealkylation sites (N-methyl/N-ethyl adjacent to an activating group) is 1. The Morgan fingerprint density at radius 2 is 1.73 bits per heavy atom. The van der Waals surface area contributed by atoms with Crippen molar-refractivity contribution < 1.29 is 4.79 Å². The van der Waals surface area contributed by atoms with Gasteiger partial charge in [0.2, 0.25) is 0 Å². The molecule has 0 N–H and O–H groups in total. The summed E-state index contributed by atoms with van der Waals surface area (Å²) in [6.45, 7) is 6.39. The fourth-order valence-electron chi connectivity index (χ4n) is 1.38. The van der Waals surface area contributed by atoms with Crippen molar-refractivity contribution in [2.75, 3.05) is 19.6 Å². The van der Waals surface area contributed by atoms with Crippen LogP contribution in [-0.2, 0) is 0 Å². The zero-order valence-corrected chi connectivity index (χ0v) is 9.92. The predicted molar refractivity (Wildman–Crippen MR) is 63.6 cm³/mol. The van der Waals surface area contributed by atoms with Crippen LogP contribution in [0.25, 0.3) is 0 Å². The first kappa shape index (κ1) is 12.2. The minimum absolute atomic E-state index is 0.148. The van der Waals surface area contributed by atoms with E-state index < -0.39 is 0 Å². The van der Waals surface area contributed by atoms with E-state index in [0.29, 0.717) is 11.6 Å². The quantitative estimate of drug-likeness (QED) is 0.719. The van der Waals surface area contributed by atoms with Crippen LogP contribution in [0.4, 0.5) is 0 Å². The molecule has 1 aromatic carbocycles. The Balaban J connectivity index is 2.64. The van der Waals surface area contributed by atoms with Crippen LogP contribution in [0.5, 0.6) is 0 Å². The molecule has 0 aliphatic rings. The van der Waals surface area contributed by atoms with Crippen molar-refractivity contribution in [3.63, 3.8) is 0 Å². The highest BCUT2D eigenvalue weighted by atomic mass is 35.5. The molecule has 0 aliphatic heterocycles. The number of hydrogen-bond donors (Lipinski definition) is 0. The summed E-state index contributed by atoms with van der Waals surface area (Å²) >= 11 is 5.75. The van der Waals surface area contributed by atoms with Gasteiger partial charge in [-0.25, -0.2) is 0 Å². The third-order valence-electron chi connectivity index (χ3n) is 2.43. The van der Waals surface area contributed by atoms with E-state index in [9.17, 15) is 4.79 Å². The fourth-order valence-corrected chi connectivity index (χ4v) is 1.50. The molecule has 15 heavy (non-hydrogen) atoms. The molecule has 0 aliphatic carbocycles. The Morgan fingerprint density at radius 3 is 2.20 bits per heavy atom. The minimum atomic E-state index is 0.148. The van der Waals surface area contributed by atoms with E-state index in [1.165, 1.54) is 0 Å². The van der Waals surface area contributed by atoms with Gasteiger partial charge in [-0.15, -0.1) is 0 Å². The van der Waals surface area contributed by atoms with Crippen LogP contribution in [-0.4, -0.2) is 30.3 Å². The Bertz CT molecular complexity index is 317. The molecule has 82 valence electrons. The maximum absolute atomic E-state index is 11.8. The number of nitrogens with zero attached hydrogens (tertiary/aromatic N) is 1. The van der Waals surface area contributed by atoms with Gasteiger partial charge in [0.15, 0.2) is 5.78 Å². The molecule has 0 saturated carbocycles. The second-order valence-corrected chi connectivity index (χ2v) is 3.83. The van der Waals surface area contributed by atoms with Gasteiger partial charge < -0.3 is 0 Å². The van der Waals surface area contributed by atoms with Gasteiger partial charge in [0.1, 0.15) is 0 Å². The topological polar surface area (TPSA) is 20.3 Å². The molecule has 0 saturated heterocycles. The molecule has 3 heteroatoms. The third-order valence-corrected chi connectivity index (χ3v) is 2.68. The maximum atomic E-state index is 11.8. The number of carbonyl (C=O) groups excluding carboxylic acids is 1. The number of benzene rings is 1. The molecule has 0 bridgehead atoms. The SMILES string of the molecule is CCN(CC)CC(=O)c1ccc(Cl)cc1. The van der Waals surface area contributed by atoms with Crippen molar-refractivity contribution in [3.8, 4) is 0 Å². The summed E-state index contributed by atoms with van der Waals surface area (Å²) in [5.74, 6) is 0.148. The van der Waals surface area contributed by atoms with E-state index in [1.807, 2.05) is 0 Å². The number of rotatable bonds is 5. The fraction of sp³-hybridized carbons (Fsp3) is 0.417. The predicted octanol–water partition coefficient (Wildman–Crippen LogP) is 2.86. The number of Topliss-reactive ketones (excluding diaryl/α,β-unsaturated/α-hetero) is 1. The lowest BCUT2D eigenvalue weighted by atomic mass is 10.1. The van der Waals surface area contributed by atoms with Crippen LogP contribution in [0, 0.1) is 0 Å². The summed E-state index contributed by atoms with van der Waals surface area (Å²) in [7, 11) is 0. The average Bonchev–Trinajstić information content (AvgIpc) is 2.26. The van der Waals surface area contributed by atoms with Crippen LogP contribution >= 0.6 is 11.6 Å². The highest BCUT2D eigenvalue weighted by molar-refractivity contribution is 6.30. The summed E-state index contributed by atoms with van der Waals surface area (Å²) in [4.78, 5) is 13.9. The molecule has 0 heterocycles. The summed E-state index contributed by atoms with van der Waals surface area (Å²) < 4.78 is 0. The number of hydrogen-bond acceptors (Lipinski definition) is 2. The van der Waals surface area contributed by atoms with Gasteiger partial charge in [-0.05, 0) is 37.4 Å². The molecule has 1 rings (SSSR count). The monoisotopic (exact) mass is 225 g/mol. The van der Waals surface area contributed by atoms with Crippen molar-refractivity contribution in [2.24, 2.45) is 0 Å². The van der Waals surface area contributed by atoms with E-state index >= 15 is 0 Å². The number of halogens is 1. The smallest absolute Gasteiger partial charge is 0.176 e. The first-order valence-electron chi connectivity index (χ1n) is 5.18. The molecular weight excluding hydrogens is 210 g/mol. The van der Waals surface area contributed by atoms with E-state index in [2.05, 4.69) is 18.7 Å². The van der Waals surface area contributed by atoms with Gasteiger partial charge in [-0.1, -0.05) is 25.4 Å². The van der Waals surface area contributed by atoms with Crippen molar-refractivity contribution >= 4 is 17.4 Å². The van der Waals surface area contributed by atoms with Gasteiger partial charge in [0.05, 0.1) is 6.54 Å². The van der Waals surface area contributed by atoms with Gasteiger partial charge in [0, 0.05) is 10.6 Å². The Kier molecular flexibility index (Phi) is 4.79. The Hall–Kier alpha value is -0.860. The van der Waals surface area contributed by atoms with Gasteiger partial charge in [0.25, 0.3) is 0 Å². The Morgan fingerprint density at radius 1 is 1.20 bits per heavy atom. The van der Waals surface area contributed by atoms with Crippen molar-refractivity contribution in [2.45, 2.75) is 13.8 Å². The lowest BCUT2D eigenvalue weighted by molar-refractivity contribution is 0.0937. The van der Waals surface area contributed by atoms with E-state index in [-0.39, 0.29) is 5.78 Å². The molecule has 0 radical (unpaired) electrons. The van der Waals surface area contributed by atoms with Crippen molar-refractivity contribution in [3.05, 3.63) is 34.9 Å². The molecule has 0 aromatic heterocycles.